The van der Waals surface area contributed by atoms with Crippen molar-refractivity contribution in [2.75, 3.05) is 11.1 Å². The van der Waals surface area contributed by atoms with E-state index in [-0.39, 0.29) is 16.3 Å². The zero-order valence-electron chi connectivity index (χ0n) is 9.58. The first-order chi connectivity index (χ1) is 8.67. The number of sulfone groups is 1. The molecule has 3 N–H and O–H groups in total. The van der Waals surface area contributed by atoms with Crippen molar-refractivity contribution >= 4 is 25.5 Å². The molecule has 1 aromatic carbocycles. The highest BCUT2D eigenvalue weighted by Crippen LogP contribution is 2.21. The second-order valence-electron chi connectivity index (χ2n) is 4.10. The van der Waals surface area contributed by atoms with E-state index in [9.17, 15) is 21.2 Å². The Kier molecular flexibility index (Phi) is 3.37. The molecule has 0 saturated heterocycles. The number of halogens is 1. The Balaban J connectivity index is 2.22. The van der Waals surface area contributed by atoms with Crippen molar-refractivity contribution in [2.45, 2.75) is 10.9 Å². The lowest BCUT2D eigenvalue weighted by Crippen LogP contribution is -2.21. The number of nitrogens with one attached hydrogen (secondary N) is 1. The van der Waals surface area contributed by atoms with E-state index in [1.165, 1.54) is 12.1 Å². The number of primary sulfonamides is 1. The standard InChI is InChI=1S/C10H11FN2O4S2/c11-9-5-8(19(12,16)17)1-2-10(9)13-7-3-4-18(14,15)6-7/h1-5,7,13H,6H2,(H2,12,16,17). The van der Waals surface area contributed by atoms with Gasteiger partial charge in [0.25, 0.3) is 0 Å². The summed E-state index contributed by atoms with van der Waals surface area (Å²) in [6.07, 6.45) is 1.41. The van der Waals surface area contributed by atoms with Crippen LogP contribution in [-0.2, 0) is 19.9 Å². The molecule has 1 heterocycles. The van der Waals surface area contributed by atoms with Crippen LogP contribution in [0.15, 0.2) is 34.6 Å². The molecule has 0 saturated carbocycles. The van der Waals surface area contributed by atoms with Crippen LogP contribution in [0.2, 0.25) is 0 Å². The van der Waals surface area contributed by atoms with Gasteiger partial charge < -0.3 is 5.32 Å². The minimum Gasteiger partial charge on any atom is -0.375 e. The molecule has 1 aliphatic heterocycles. The average Bonchev–Trinajstić information content (AvgIpc) is 2.59. The van der Waals surface area contributed by atoms with Crippen LogP contribution in [0.25, 0.3) is 0 Å². The lowest BCUT2D eigenvalue weighted by atomic mass is 10.2. The van der Waals surface area contributed by atoms with Gasteiger partial charge in [-0.25, -0.2) is 26.4 Å². The van der Waals surface area contributed by atoms with E-state index >= 15 is 0 Å². The Morgan fingerprint density at radius 1 is 1.37 bits per heavy atom. The van der Waals surface area contributed by atoms with E-state index < -0.39 is 31.7 Å². The molecule has 0 aliphatic carbocycles. The summed E-state index contributed by atoms with van der Waals surface area (Å²) in [4.78, 5) is -0.342. The first-order valence-corrected chi connectivity index (χ1v) is 8.43. The highest BCUT2D eigenvalue weighted by atomic mass is 32.2. The topological polar surface area (TPSA) is 106 Å². The Hall–Kier alpha value is -1.45. The molecule has 0 fully saturated rings. The molecule has 9 heteroatoms. The summed E-state index contributed by atoms with van der Waals surface area (Å²) in [5.74, 6) is -0.979. The van der Waals surface area contributed by atoms with Gasteiger partial charge in [-0.15, -0.1) is 0 Å². The SMILES string of the molecule is NS(=O)(=O)c1ccc(NC2C=CS(=O)(=O)C2)c(F)c1. The van der Waals surface area contributed by atoms with E-state index in [4.69, 9.17) is 5.14 Å². The monoisotopic (exact) mass is 306 g/mol. The highest BCUT2D eigenvalue weighted by molar-refractivity contribution is 7.94. The summed E-state index contributed by atoms with van der Waals surface area (Å²) >= 11 is 0. The summed E-state index contributed by atoms with van der Waals surface area (Å²) in [5.41, 5.74) is 0.0131. The van der Waals surface area contributed by atoms with Gasteiger partial charge in [0.05, 0.1) is 22.4 Å². The third-order valence-electron chi connectivity index (χ3n) is 2.54. The van der Waals surface area contributed by atoms with Crippen LogP contribution in [0, 0.1) is 5.82 Å². The number of hydrogen-bond acceptors (Lipinski definition) is 5. The first kappa shape index (κ1) is 14.0. The molecule has 0 aromatic heterocycles. The minimum absolute atomic E-state index is 0.0131. The third-order valence-corrected chi connectivity index (χ3v) is 4.85. The predicted molar refractivity (Wildman–Crippen MR) is 68.1 cm³/mol. The fraction of sp³-hybridized carbons (Fsp3) is 0.200. The molecule has 1 aromatic rings. The van der Waals surface area contributed by atoms with Crippen LogP contribution in [0.1, 0.15) is 0 Å². The van der Waals surface area contributed by atoms with Crippen molar-refractivity contribution in [3.05, 3.63) is 35.5 Å². The lowest BCUT2D eigenvalue weighted by Gasteiger charge is -2.12. The summed E-state index contributed by atoms with van der Waals surface area (Å²) < 4.78 is 58.1. The lowest BCUT2D eigenvalue weighted by molar-refractivity contribution is 0.592. The Morgan fingerprint density at radius 2 is 2.05 bits per heavy atom. The fourth-order valence-corrected chi connectivity index (χ4v) is 3.42. The summed E-state index contributed by atoms with van der Waals surface area (Å²) in [7, 11) is -7.21. The second-order valence-corrected chi connectivity index (χ2v) is 7.59. The van der Waals surface area contributed by atoms with Gasteiger partial charge in [0.1, 0.15) is 5.82 Å². The number of hydrogen-bond donors (Lipinski definition) is 2. The average molecular weight is 306 g/mol. The quantitative estimate of drug-likeness (QED) is 0.829. The van der Waals surface area contributed by atoms with Gasteiger partial charge in [-0.1, -0.05) is 6.08 Å². The molecular weight excluding hydrogens is 295 g/mol. The van der Waals surface area contributed by atoms with E-state index in [0.29, 0.717) is 0 Å². The molecule has 6 nitrogen and oxygen atoms in total. The Morgan fingerprint density at radius 3 is 2.53 bits per heavy atom. The maximum atomic E-state index is 13.7. The number of benzene rings is 1. The summed E-state index contributed by atoms with van der Waals surface area (Å²) in [5, 5.41) is 8.59. The zero-order valence-corrected chi connectivity index (χ0v) is 11.2. The normalized spacial score (nSPS) is 21.5. The number of sulfonamides is 1. The van der Waals surface area contributed by atoms with Crippen molar-refractivity contribution in [1.29, 1.82) is 0 Å². The molecule has 2 rings (SSSR count). The van der Waals surface area contributed by atoms with Gasteiger partial charge in [0.15, 0.2) is 9.84 Å². The van der Waals surface area contributed by atoms with Crippen LogP contribution in [0.5, 0.6) is 0 Å². The number of nitrogens with two attached hydrogens (primary N) is 1. The molecule has 19 heavy (non-hydrogen) atoms. The highest BCUT2D eigenvalue weighted by Gasteiger charge is 2.22. The molecule has 104 valence electrons. The molecule has 1 unspecified atom stereocenters. The van der Waals surface area contributed by atoms with Crippen LogP contribution < -0.4 is 10.5 Å². The van der Waals surface area contributed by atoms with Gasteiger partial charge in [-0.2, -0.15) is 0 Å². The largest absolute Gasteiger partial charge is 0.375 e. The van der Waals surface area contributed by atoms with Crippen molar-refractivity contribution in [2.24, 2.45) is 5.14 Å². The molecule has 0 spiro atoms. The molecule has 0 radical (unpaired) electrons. The number of rotatable bonds is 3. The van der Waals surface area contributed by atoms with E-state index in [0.717, 1.165) is 17.5 Å². The smallest absolute Gasteiger partial charge is 0.238 e. The van der Waals surface area contributed by atoms with Gasteiger partial charge in [-0.3, -0.25) is 0 Å². The fourth-order valence-electron chi connectivity index (χ4n) is 1.66. The Bertz CT molecular complexity index is 741. The van der Waals surface area contributed by atoms with Crippen LogP contribution in [0.3, 0.4) is 0 Å². The summed E-state index contributed by atoms with van der Waals surface area (Å²) in [6, 6.07) is 2.59. The Labute approximate surface area is 110 Å². The minimum atomic E-state index is -3.97. The van der Waals surface area contributed by atoms with Crippen molar-refractivity contribution in [3.8, 4) is 0 Å². The number of anilines is 1. The van der Waals surface area contributed by atoms with E-state index in [1.807, 2.05) is 0 Å². The van der Waals surface area contributed by atoms with Crippen molar-refractivity contribution in [3.63, 3.8) is 0 Å². The van der Waals surface area contributed by atoms with Crippen molar-refractivity contribution in [1.82, 2.24) is 0 Å². The second kappa shape index (κ2) is 4.58. The van der Waals surface area contributed by atoms with Gasteiger partial charge >= 0.3 is 0 Å². The van der Waals surface area contributed by atoms with Gasteiger partial charge in [-0.05, 0) is 18.2 Å². The molecular formula is C10H11FN2O4S2. The third kappa shape index (κ3) is 3.31. The van der Waals surface area contributed by atoms with Crippen LogP contribution >= 0.6 is 0 Å². The van der Waals surface area contributed by atoms with E-state index in [1.54, 1.807) is 0 Å². The molecule has 1 atom stereocenters. The zero-order chi connectivity index (χ0) is 14.3. The van der Waals surface area contributed by atoms with E-state index in [2.05, 4.69) is 5.32 Å². The molecule has 0 bridgehead atoms. The predicted octanol–water partition coefficient (Wildman–Crippen LogP) is 0.196. The molecule has 0 amide bonds. The van der Waals surface area contributed by atoms with Gasteiger partial charge in [0.2, 0.25) is 10.0 Å². The maximum absolute atomic E-state index is 13.7. The summed E-state index contributed by atoms with van der Waals surface area (Å²) in [6.45, 7) is 0. The van der Waals surface area contributed by atoms with Crippen LogP contribution in [-0.4, -0.2) is 28.6 Å². The maximum Gasteiger partial charge on any atom is 0.238 e. The molecule has 1 aliphatic rings. The van der Waals surface area contributed by atoms with Crippen LogP contribution in [0.4, 0.5) is 10.1 Å². The van der Waals surface area contributed by atoms with Crippen molar-refractivity contribution < 1.29 is 21.2 Å². The first-order valence-electron chi connectivity index (χ1n) is 5.17. The van der Waals surface area contributed by atoms with Gasteiger partial charge in [0, 0.05) is 5.41 Å².